The molecule has 30 heavy (non-hydrogen) atoms. The van der Waals surface area contributed by atoms with Crippen molar-refractivity contribution in [3.63, 3.8) is 0 Å². The Labute approximate surface area is 175 Å². The molecule has 2 atom stereocenters. The van der Waals surface area contributed by atoms with Crippen LogP contribution in [0, 0.1) is 17.6 Å². The van der Waals surface area contributed by atoms with Gasteiger partial charge in [-0.15, -0.1) is 0 Å². The van der Waals surface area contributed by atoms with Crippen molar-refractivity contribution in [2.45, 2.75) is 44.2 Å². The lowest BCUT2D eigenvalue weighted by molar-refractivity contribution is -0.0340. The van der Waals surface area contributed by atoms with Gasteiger partial charge in [-0.3, -0.25) is 4.90 Å². The number of nitrogens with zero attached hydrogens (tertiary/aromatic N) is 1. The van der Waals surface area contributed by atoms with E-state index in [0.29, 0.717) is 11.5 Å². The average Bonchev–Trinajstić information content (AvgIpc) is 2.76. The van der Waals surface area contributed by atoms with Crippen LogP contribution in [0.4, 0.5) is 13.6 Å². The molecule has 3 aliphatic heterocycles. The number of carbonyl (C=O) groups is 1. The van der Waals surface area contributed by atoms with E-state index in [-0.39, 0.29) is 23.8 Å². The third-order valence-electron chi connectivity index (χ3n) is 6.84. The van der Waals surface area contributed by atoms with E-state index in [1.54, 1.807) is 6.07 Å². The molecule has 1 aliphatic carbocycles. The molecule has 2 bridgehead atoms. The van der Waals surface area contributed by atoms with E-state index in [1.807, 2.05) is 12.1 Å². The molecule has 6 rings (SSSR count). The van der Waals surface area contributed by atoms with E-state index in [0.717, 1.165) is 75.0 Å². The molecule has 0 spiro atoms. The van der Waals surface area contributed by atoms with E-state index in [9.17, 15) is 13.6 Å². The number of benzene rings is 2. The predicted octanol–water partition coefficient (Wildman–Crippen LogP) is 4.83. The molecule has 0 aromatic heterocycles. The molecule has 3 heterocycles. The largest absolute Gasteiger partial charge is 0.445 e. The molecule has 158 valence electrons. The average molecular weight is 412 g/mol. The Morgan fingerprint density at radius 3 is 2.67 bits per heavy atom. The van der Waals surface area contributed by atoms with Crippen molar-refractivity contribution in [3.8, 4) is 11.1 Å². The first-order valence-corrected chi connectivity index (χ1v) is 10.8. The number of hydrogen-bond acceptors (Lipinski definition) is 3. The fourth-order valence-corrected chi connectivity index (χ4v) is 5.21. The van der Waals surface area contributed by atoms with Gasteiger partial charge in [-0.05, 0) is 86.0 Å². The SMILES string of the molecule is O=C(NC1CCCc2cc(-c3cc(F)ccc3F)ccc21)O[C@@H]1CN2CCC1CC2. The van der Waals surface area contributed by atoms with Crippen molar-refractivity contribution in [1.82, 2.24) is 10.2 Å². The van der Waals surface area contributed by atoms with Crippen LogP contribution in [0.15, 0.2) is 36.4 Å². The van der Waals surface area contributed by atoms with Crippen LogP contribution in [0.5, 0.6) is 0 Å². The number of carbonyl (C=O) groups excluding carboxylic acids is 1. The molecule has 1 unspecified atom stereocenters. The molecule has 4 aliphatic rings. The third kappa shape index (κ3) is 3.81. The van der Waals surface area contributed by atoms with Gasteiger partial charge in [0.05, 0.1) is 6.04 Å². The number of ether oxygens (including phenoxy) is 1. The van der Waals surface area contributed by atoms with E-state index in [1.165, 1.54) is 6.07 Å². The number of halogens is 2. The van der Waals surface area contributed by atoms with Crippen LogP contribution in [0.1, 0.15) is 42.9 Å². The van der Waals surface area contributed by atoms with Gasteiger partial charge < -0.3 is 10.1 Å². The summed E-state index contributed by atoms with van der Waals surface area (Å²) in [7, 11) is 0. The summed E-state index contributed by atoms with van der Waals surface area (Å²) < 4.78 is 33.6. The monoisotopic (exact) mass is 412 g/mol. The van der Waals surface area contributed by atoms with E-state index >= 15 is 0 Å². The smallest absolute Gasteiger partial charge is 0.407 e. The van der Waals surface area contributed by atoms with Gasteiger partial charge in [0.15, 0.2) is 0 Å². The van der Waals surface area contributed by atoms with Gasteiger partial charge in [0.25, 0.3) is 0 Å². The zero-order valence-corrected chi connectivity index (χ0v) is 16.9. The molecular formula is C24H26F2N2O2. The zero-order valence-electron chi connectivity index (χ0n) is 16.9. The van der Waals surface area contributed by atoms with Crippen LogP contribution >= 0.6 is 0 Å². The first-order chi connectivity index (χ1) is 14.6. The predicted molar refractivity (Wildman–Crippen MR) is 110 cm³/mol. The molecule has 4 nitrogen and oxygen atoms in total. The quantitative estimate of drug-likeness (QED) is 0.785. The summed E-state index contributed by atoms with van der Waals surface area (Å²) in [6.07, 6.45) is 4.45. The Hall–Kier alpha value is -2.47. The van der Waals surface area contributed by atoms with Crippen LogP contribution in [0.2, 0.25) is 0 Å². The maximum absolute atomic E-state index is 14.2. The van der Waals surface area contributed by atoms with Gasteiger partial charge in [-0.2, -0.15) is 0 Å². The molecule has 6 heteroatoms. The molecule has 1 N–H and O–H groups in total. The van der Waals surface area contributed by atoms with Crippen molar-refractivity contribution < 1.29 is 18.3 Å². The molecular weight excluding hydrogens is 386 g/mol. The summed E-state index contributed by atoms with van der Waals surface area (Å²) >= 11 is 0. The number of amides is 1. The number of hydrogen-bond donors (Lipinski definition) is 1. The number of fused-ring (bicyclic) bond motifs is 4. The Morgan fingerprint density at radius 2 is 1.90 bits per heavy atom. The highest BCUT2D eigenvalue weighted by molar-refractivity contribution is 5.69. The molecule has 3 fully saturated rings. The van der Waals surface area contributed by atoms with Crippen molar-refractivity contribution in [2.24, 2.45) is 5.92 Å². The minimum absolute atomic E-state index is 0.0195. The van der Waals surface area contributed by atoms with Crippen molar-refractivity contribution in [3.05, 3.63) is 59.2 Å². The zero-order chi connectivity index (χ0) is 20.7. The van der Waals surface area contributed by atoms with E-state index < -0.39 is 11.6 Å². The summed E-state index contributed by atoms with van der Waals surface area (Å²) in [5.41, 5.74) is 3.01. The molecule has 2 aromatic carbocycles. The van der Waals surface area contributed by atoms with Crippen LogP contribution in [-0.4, -0.2) is 36.7 Å². The lowest BCUT2D eigenvalue weighted by Crippen LogP contribution is -2.52. The molecule has 1 amide bonds. The lowest BCUT2D eigenvalue weighted by Gasteiger charge is -2.44. The summed E-state index contributed by atoms with van der Waals surface area (Å²) in [6, 6.07) is 9.02. The fraction of sp³-hybridized carbons (Fsp3) is 0.458. The summed E-state index contributed by atoms with van der Waals surface area (Å²) in [6.45, 7) is 3.05. The van der Waals surface area contributed by atoms with Crippen molar-refractivity contribution in [1.29, 1.82) is 0 Å². The van der Waals surface area contributed by atoms with E-state index in [2.05, 4.69) is 10.2 Å². The first-order valence-electron chi connectivity index (χ1n) is 10.8. The first kappa shape index (κ1) is 19.5. The highest BCUT2D eigenvalue weighted by Crippen LogP contribution is 2.35. The molecule has 3 saturated heterocycles. The minimum atomic E-state index is -0.459. The fourth-order valence-electron chi connectivity index (χ4n) is 5.21. The second-order valence-electron chi connectivity index (χ2n) is 8.71. The number of nitrogens with one attached hydrogen (secondary N) is 1. The van der Waals surface area contributed by atoms with Crippen molar-refractivity contribution in [2.75, 3.05) is 19.6 Å². The number of aryl methyl sites for hydroxylation is 1. The lowest BCUT2D eigenvalue weighted by atomic mass is 9.85. The second kappa shape index (κ2) is 7.99. The maximum atomic E-state index is 14.2. The summed E-state index contributed by atoms with van der Waals surface area (Å²) in [4.78, 5) is 15.0. The van der Waals surface area contributed by atoms with Crippen LogP contribution in [0.25, 0.3) is 11.1 Å². The number of piperidine rings is 3. The van der Waals surface area contributed by atoms with Gasteiger partial charge in [0.2, 0.25) is 0 Å². The Kier molecular flexibility index (Phi) is 5.19. The topological polar surface area (TPSA) is 41.6 Å². The Balaban J connectivity index is 1.30. The molecule has 0 saturated carbocycles. The number of rotatable bonds is 3. The minimum Gasteiger partial charge on any atom is -0.445 e. The van der Waals surface area contributed by atoms with Crippen LogP contribution in [-0.2, 0) is 11.2 Å². The summed E-state index contributed by atoms with van der Waals surface area (Å²) in [5.74, 6) is -0.426. The van der Waals surface area contributed by atoms with Gasteiger partial charge in [-0.25, -0.2) is 13.6 Å². The maximum Gasteiger partial charge on any atom is 0.407 e. The standard InChI is InChI=1S/C24H26F2N2O2/c25-18-5-7-21(26)20(13-18)17-4-6-19-16(12-17)2-1-3-22(19)27-24(29)30-23-14-28-10-8-15(23)9-11-28/h4-7,12-13,15,22-23H,1-3,8-11,14H2,(H,27,29)/t22?,23-/m1/s1. The van der Waals surface area contributed by atoms with Crippen molar-refractivity contribution >= 4 is 6.09 Å². The highest BCUT2D eigenvalue weighted by atomic mass is 19.1. The van der Waals surface area contributed by atoms with Gasteiger partial charge in [-0.1, -0.05) is 18.2 Å². The molecule has 0 radical (unpaired) electrons. The molecule has 2 aromatic rings. The number of alkyl carbamates (subject to hydrolysis) is 1. The normalized spacial score (nSPS) is 27.4. The van der Waals surface area contributed by atoms with Crippen LogP contribution in [0.3, 0.4) is 0 Å². The summed E-state index contributed by atoms with van der Waals surface area (Å²) in [5, 5.41) is 3.05. The van der Waals surface area contributed by atoms with E-state index in [4.69, 9.17) is 4.74 Å². The second-order valence-corrected chi connectivity index (χ2v) is 8.71. The Bertz CT molecular complexity index is 956. The van der Waals surface area contributed by atoms with Gasteiger partial charge in [0, 0.05) is 12.1 Å². The highest BCUT2D eigenvalue weighted by Gasteiger charge is 2.37. The third-order valence-corrected chi connectivity index (χ3v) is 6.84. The Morgan fingerprint density at radius 1 is 1.07 bits per heavy atom. The van der Waals surface area contributed by atoms with Gasteiger partial charge >= 0.3 is 6.09 Å². The van der Waals surface area contributed by atoms with Gasteiger partial charge in [0.1, 0.15) is 17.7 Å². The van der Waals surface area contributed by atoms with Crippen LogP contribution < -0.4 is 5.32 Å².